The van der Waals surface area contributed by atoms with Crippen LogP contribution in [-0.4, -0.2) is 10.7 Å². The number of halogens is 1. The first-order valence-electron chi connectivity index (χ1n) is 6.14. The molecule has 5 nitrogen and oxygen atoms in total. The molecule has 0 saturated heterocycles. The van der Waals surface area contributed by atoms with E-state index in [-0.39, 0.29) is 23.6 Å². The van der Waals surface area contributed by atoms with Gasteiger partial charge in [0.15, 0.2) is 5.78 Å². The number of benzene rings is 2. The van der Waals surface area contributed by atoms with Gasteiger partial charge in [0, 0.05) is 5.56 Å². The number of hydrogen-bond donors (Lipinski definition) is 0. The molecule has 2 rings (SSSR count). The molecule has 21 heavy (non-hydrogen) atoms. The van der Waals surface area contributed by atoms with Gasteiger partial charge >= 0.3 is 0 Å². The summed E-state index contributed by atoms with van der Waals surface area (Å²) in [5, 5.41) is 10.9. The maximum Gasteiger partial charge on any atom is 0.283 e. The Hall–Kier alpha value is -2.76. The smallest absolute Gasteiger partial charge is 0.283 e. The van der Waals surface area contributed by atoms with Crippen LogP contribution in [-0.2, 0) is 6.61 Å². The van der Waals surface area contributed by atoms with Gasteiger partial charge in [-0.2, -0.15) is 0 Å². The van der Waals surface area contributed by atoms with E-state index < -0.39 is 16.5 Å². The zero-order valence-corrected chi connectivity index (χ0v) is 11.2. The summed E-state index contributed by atoms with van der Waals surface area (Å²) in [6.45, 7) is 1.20. The van der Waals surface area contributed by atoms with E-state index in [0.717, 1.165) is 6.07 Å². The Morgan fingerprint density at radius 3 is 2.62 bits per heavy atom. The fourth-order valence-electron chi connectivity index (χ4n) is 1.83. The van der Waals surface area contributed by atoms with Crippen molar-refractivity contribution in [2.24, 2.45) is 0 Å². The molecule has 0 unspecified atom stereocenters. The predicted octanol–water partition coefficient (Wildman–Crippen LogP) is 3.52. The molecule has 0 aromatic heterocycles. The van der Waals surface area contributed by atoms with Crippen molar-refractivity contribution in [2.45, 2.75) is 13.5 Å². The summed E-state index contributed by atoms with van der Waals surface area (Å²) in [6, 6.07) is 10.0. The maximum atomic E-state index is 13.4. The molecule has 0 heterocycles. The lowest BCUT2D eigenvalue weighted by molar-refractivity contribution is -0.385. The average Bonchev–Trinajstić information content (AvgIpc) is 2.46. The Morgan fingerprint density at radius 1 is 1.29 bits per heavy atom. The number of ether oxygens (including phenoxy) is 1. The van der Waals surface area contributed by atoms with Crippen molar-refractivity contribution in [1.29, 1.82) is 0 Å². The third kappa shape index (κ3) is 3.42. The van der Waals surface area contributed by atoms with Crippen LogP contribution in [0.3, 0.4) is 0 Å². The first-order valence-corrected chi connectivity index (χ1v) is 6.14. The Balaban J connectivity index is 2.22. The monoisotopic (exact) mass is 289 g/mol. The van der Waals surface area contributed by atoms with Gasteiger partial charge in [-0.15, -0.1) is 0 Å². The van der Waals surface area contributed by atoms with Crippen LogP contribution in [0.15, 0.2) is 42.5 Å². The number of hydrogen-bond acceptors (Lipinski definition) is 4. The van der Waals surface area contributed by atoms with Crippen molar-refractivity contribution in [2.75, 3.05) is 0 Å². The van der Waals surface area contributed by atoms with E-state index in [2.05, 4.69) is 0 Å². The molecular formula is C15H12FNO4. The van der Waals surface area contributed by atoms with Crippen molar-refractivity contribution in [3.8, 4) is 5.75 Å². The predicted molar refractivity (Wildman–Crippen MR) is 73.8 cm³/mol. The number of Topliss-reactive ketones (excluding diaryl/α,β-unsaturated/α-hetero) is 1. The highest BCUT2D eigenvalue weighted by atomic mass is 19.1. The lowest BCUT2D eigenvalue weighted by Gasteiger charge is -2.08. The molecule has 0 atom stereocenters. The molecule has 108 valence electrons. The normalized spacial score (nSPS) is 10.2. The summed E-state index contributed by atoms with van der Waals surface area (Å²) in [6.07, 6.45) is 0. The Morgan fingerprint density at radius 2 is 2.00 bits per heavy atom. The second-order valence-corrected chi connectivity index (χ2v) is 4.37. The molecule has 0 fully saturated rings. The Kier molecular flexibility index (Phi) is 4.27. The molecule has 0 radical (unpaired) electrons. The van der Waals surface area contributed by atoms with E-state index in [1.165, 1.54) is 25.1 Å². The van der Waals surface area contributed by atoms with Gasteiger partial charge in [0.25, 0.3) is 5.69 Å². The van der Waals surface area contributed by atoms with Gasteiger partial charge in [0.05, 0.1) is 16.6 Å². The number of nitro groups is 1. The molecule has 0 aliphatic carbocycles. The van der Waals surface area contributed by atoms with Gasteiger partial charge in [-0.1, -0.05) is 18.2 Å². The highest BCUT2D eigenvalue weighted by molar-refractivity contribution is 5.98. The van der Waals surface area contributed by atoms with Crippen molar-refractivity contribution in [3.63, 3.8) is 0 Å². The lowest BCUT2D eigenvalue weighted by atomic mass is 10.1. The molecule has 0 aliphatic rings. The second kappa shape index (κ2) is 6.13. The minimum Gasteiger partial charge on any atom is -0.489 e. The largest absolute Gasteiger partial charge is 0.489 e. The summed E-state index contributed by atoms with van der Waals surface area (Å²) >= 11 is 0. The lowest BCUT2D eigenvalue weighted by Crippen LogP contribution is -2.02. The number of nitrogens with zero attached hydrogens (tertiary/aromatic N) is 1. The first-order chi connectivity index (χ1) is 9.99. The van der Waals surface area contributed by atoms with Gasteiger partial charge in [-0.3, -0.25) is 14.9 Å². The number of nitro benzene ring substituents is 1. The Labute approximate surface area is 120 Å². The first kappa shape index (κ1) is 14.6. The van der Waals surface area contributed by atoms with Crippen LogP contribution >= 0.6 is 0 Å². The summed E-state index contributed by atoms with van der Waals surface area (Å²) < 4.78 is 18.8. The summed E-state index contributed by atoms with van der Waals surface area (Å²) in [7, 11) is 0. The minimum absolute atomic E-state index is 0.0123. The highest BCUT2D eigenvalue weighted by Gasteiger charge is 2.18. The van der Waals surface area contributed by atoms with Gasteiger partial charge in [0.1, 0.15) is 18.2 Å². The molecule has 0 saturated carbocycles. The molecule has 0 N–H and O–H groups in total. The summed E-state index contributed by atoms with van der Waals surface area (Å²) in [5.74, 6) is -0.607. The van der Waals surface area contributed by atoms with E-state index in [0.29, 0.717) is 5.56 Å². The van der Waals surface area contributed by atoms with E-state index in [1.54, 1.807) is 18.2 Å². The number of ketones is 1. The molecule has 0 bridgehead atoms. The third-order valence-electron chi connectivity index (χ3n) is 2.90. The Bertz CT molecular complexity index is 700. The second-order valence-electron chi connectivity index (χ2n) is 4.37. The number of rotatable bonds is 5. The molecule has 2 aromatic carbocycles. The van der Waals surface area contributed by atoms with Crippen LogP contribution in [0.4, 0.5) is 10.1 Å². The van der Waals surface area contributed by atoms with Crippen molar-refractivity contribution in [3.05, 3.63) is 69.5 Å². The van der Waals surface area contributed by atoms with Gasteiger partial charge in [-0.05, 0) is 25.1 Å². The molecule has 0 aliphatic heterocycles. The zero-order valence-electron chi connectivity index (χ0n) is 11.2. The van der Waals surface area contributed by atoms with E-state index in [9.17, 15) is 19.3 Å². The topological polar surface area (TPSA) is 69.4 Å². The quantitative estimate of drug-likeness (QED) is 0.480. The van der Waals surface area contributed by atoms with E-state index in [4.69, 9.17) is 4.74 Å². The fraction of sp³-hybridized carbons (Fsp3) is 0.133. The number of carbonyl (C=O) groups excluding carboxylic acids is 1. The van der Waals surface area contributed by atoms with Crippen molar-refractivity contribution in [1.82, 2.24) is 0 Å². The molecule has 6 heteroatoms. The summed E-state index contributed by atoms with van der Waals surface area (Å²) in [5.41, 5.74) is 0.0302. The summed E-state index contributed by atoms with van der Waals surface area (Å²) in [4.78, 5) is 21.6. The van der Waals surface area contributed by atoms with Crippen LogP contribution in [0.25, 0.3) is 0 Å². The van der Waals surface area contributed by atoms with Crippen LogP contribution in [0.1, 0.15) is 22.8 Å². The zero-order chi connectivity index (χ0) is 15.4. The third-order valence-corrected chi connectivity index (χ3v) is 2.90. The van der Waals surface area contributed by atoms with Crippen molar-refractivity contribution < 1.29 is 18.8 Å². The van der Waals surface area contributed by atoms with Crippen LogP contribution < -0.4 is 4.74 Å². The van der Waals surface area contributed by atoms with Gasteiger partial charge in [-0.25, -0.2) is 4.39 Å². The van der Waals surface area contributed by atoms with E-state index >= 15 is 0 Å². The van der Waals surface area contributed by atoms with Crippen molar-refractivity contribution >= 4 is 11.5 Å². The maximum absolute atomic E-state index is 13.4. The average molecular weight is 289 g/mol. The highest BCUT2D eigenvalue weighted by Crippen LogP contribution is 2.25. The van der Waals surface area contributed by atoms with E-state index in [1.807, 2.05) is 0 Å². The molecule has 2 aromatic rings. The minimum atomic E-state index is -0.646. The van der Waals surface area contributed by atoms with Gasteiger partial charge < -0.3 is 4.74 Å². The fourth-order valence-corrected chi connectivity index (χ4v) is 1.83. The SMILES string of the molecule is CC(=O)c1ccc(OCc2ccccc2F)cc1[N+](=O)[O-]. The van der Waals surface area contributed by atoms with Crippen LogP contribution in [0.2, 0.25) is 0 Å². The number of carbonyl (C=O) groups is 1. The molecular weight excluding hydrogens is 277 g/mol. The van der Waals surface area contributed by atoms with Crippen LogP contribution in [0.5, 0.6) is 5.75 Å². The van der Waals surface area contributed by atoms with Crippen LogP contribution in [0, 0.1) is 15.9 Å². The molecule has 0 amide bonds. The molecule has 0 spiro atoms. The standard InChI is InChI=1S/C15H12FNO4/c1-10(18)13-7-6-12(8-15(13)17(19)20)21-9-11-4-2-3-5-14(11)16/h2-8H,9H2,1H3. The van der Waals surface area contributed by atoms with Gasteiger partial charge in [0.2, 0.25) is 0 Å².